The minimum atomic E-state index is -1.86. The van der Waals surface area contributed by atoms with E-state index in [9.17, 15) is 4.79 Å². The molecule has 0 spiro atoms. The number of rotatable bonds is 6. The number of benzene rings is 2. The van der Waals surface area contributed by atoms with Crippen LogP contribution in [0.3, 0.4) is 0 Å². The van der Waals surface area contributed by atoms with Crippen molar-refractivity contribution < 1.29 is 9.22 Å². The summed E-state index contributed by atoms with van der Waals surface area (Å²) in [6.45, 7) is 13.5. The Balaban J connectivity index is 2.02. The van der Waals surface area contributed by atoms with E-state index in [1.807, 2.05) is 0 Å². The zero-order chi connectivity index (χ0) is 21.3. The van der Waals surface area contributed by atoms with E-state index in [0.29, 0.717) is 5.92 Å². The molecule has 0 saturated heterocycles. The van der Waals surface area contributed by atoms with Crippen LogP contribution < -0.4 is 10.4 Å². The molecule has 3 heteroatoms. The first-order valence-electron chi connectivity index (χ1n) is 10.8. The molecule has 0 radical (unpaired) electrons. The summed E-state index contributed by atoms with van der Waals surface area (Å²) in [5, 5.41) is 2.61. The summed E-state index contributed by atoms with van der Waals surface area (Å²) in [6, 6.07) is 21.4. The molecule has 0 heterocycles. The van der Waals surface area contributed by atoms with Crippen molar-refractivity contribution in [3.8, 4) is 0 Å². The van der Waals surface area contributed by atoms with Crippen LogP contribution in [-0.4, -0.2) is 21.4 Å². The zero-order valence-corrected chi connectivity index (χ0v) is 20.0. The van der Waals surface area contributed by atoms with Crippen molar-refractivity contribution in [3.05, 3.63) is 60.7 Å². The Bertz CT molecular complexity index is 770. The van der Waals surface area contributed by atoms with E-state index < -0.39 is 9.04 Å². The average molecular weight is 409 g/mol. The van der Waals surface area contributed by atoms with Gasteiger partial charge in [0, 0.05) is 5.41 Å². The molecule has 156 valence electrons. The van der Waals surface area contributed by atoms with Gasteiger partial charge in [0.05, 0.1) is 6.10 Å². The predicted octanol–water partition coefficient (Wildman–Crippen LogP) is 4.60. The molecular formula is C26H36O2Si. The molecule has 1 saturated carbocycles. The Kier molecular flexibility index (Phi) is 6.21. The molecule has 1 aliphatic rings. The number of hydrogen-bond acceptors (Lipinski definition) is 2. The highest BCUT2D eigenvalue weighted by Gasteiger charge is 2.56. The molecular weight excluding hydrogens is 372 g/mol. The second-order valence-electron chi connectivity index (χ2n) is 10.5. The van der Waals surface area contributed by atoms with E-state index in [-0.39, 0.29) is 22.3 Å². The topological polar surface area (TPSA) is 26.3 Å². The van der Waals surface area contributed by atoms with Crippen LogP contribution in [0, 0.1) is 22.2 Å². The number of carbonyl (C=O) groups is 1. The number of aldehydes is 1. The molecule has 29 heavy (non-hydrogen) atoms. The summed E-state index contributed by atoms with van der Waals surface area (Å²) in [7, 11) is -1.86. The molecule has 3 rings (SSSR count). The molecule has 1 aliphatic carbocycles. The van der Waals surface area contributed by atoms with Gasteiger partial charge in [-0.3, -0.25) is 0 Å². The minimum absolute atomic E-state index is 0.00905. The van der Waals surface area contributed by atoms with Crippen molar-refractivity contribution in [3.63, 3.8) is 0 Å². The summed E-state index contributed by atoms with van der Waals surface area (Å²) < 4.78 is 7.17. The SMILES string of the molecule is CC(C)(C)C(O[SiH](c1ccccc1)c1ccccc1)C1CCC(C)(C=O)C1(C)C. The van der Waals surface area contributed by atoms with Gasteiger partial charge in [0.25, 0.3) is 0 Å². The molecule has 2 aromatic carbocycles. The molecule has 3 unspecified atom stereocenters. The highest BCUT2D eigenvalue weighted by molar-refractivity contribution is 6.80. The maximum absolute atomic E-state index is 12.0. The molecule has 2 aromatic rings. The normalized spacial score (nSPS) is 25.1. The summed E-state index contributed by atoms with van der Waals surface area (Å²) in [5.74, 6) is 0.347. The van der Waals surface area contributed by atoms with E-state index in [4.69, 9.17) is 4.43 Å². The predicted molar refractivity (Wildman–Crippen MR) is 124 cm³/mol. The molecule has 0 aromatic heterocycles. The van der Waals surface area contributed by atoms with Crippen LogP contribution >= 0.6 is 0 Å². The highest BCUT2D eigenvalue weighted by Crippen LogP contribution is 2.58. The van der Waals surface area contributed by atoms with Crippen molar-refractivity contribution in [2.75, 3.05) is 0 Å². The lowest BCUT2D eigenvalue weighted by atomic mass is 9.63. The van der Waals surface area contributed by atoms with E-state index in [0.717, 1.165) is 12.8 Å². The van der Waals surface area contributed by atoms with Gasteiger partial charge in [-0.1, -0.05) is 102 Å². The molecule has 0 aliphatic heterocycles. The largest absolute Gasteiger partial charge is 0.407 e. The summed E-state index contributed by atoms with van der Waals surface area (Å²) >= 11 is 0. The van der Waals surface area contributed by atoms with Gasteiger partial charge in [-0.25, -0.2) is 0 Å². The van der Waals surface area contributed by atoms with E-state index >= 15 is 0 Å². The first kappa shape index (κ1) is 22.0. The van der Waals surface area contributed by atoms with Crippen LogP contribution in [-0.2, 0) is 9.22 Å². The van der Waals surface area contributed by atoms with Crippen LogP contribution in [0.4, 0.5) is 0 Å². The molecule has 2 nitrogen and oxygen atoms in total. The highest BCUT2D eigenvalue weighted by atomic mass is 28.3. The standard InChI is InChI=1S/C26H36O2Si/c1-24(2,3)23(22-17-18-26(6,19-27)25(22,4)5)28-29(20-13-9-7-10-14-20)21-15-11-8-12-16-21/h7-16,19,22-23,29H,17-18H2,1-6H3. The summed E-state index contributed by atoms with van der Waals surface area (Å²) in [6.07, 6.45) is 3.26. The van der Waals surface area contributed by atoms with Gasteiger partial charge in [0.2, 0.25) is 9.04 Å². The van der Waals surface area contributed by atoms with Gasteiger partial charge in [0.1, 0.15) is 6.29 Å². The first-order chi connectivity index (χ1) is 13.6. The van der Waals surface area contributed by atoms with Crippen LogP contribution in [0.15, 0.2) is 60.7 Å². The summed E-state index contributed by atoms with van der Waals surface area (Å²) in [4.78, 5) is 12.0. The van der Waals surface area contributed by atoms with Crippen molar-refractivity contribution >= 4 is 25.7 Å². The Labute approximate surface area is 178 Å². The number of carbonyl (C=O) groups excluding carboxylic acids is 1. The third kappa shape index (κ3) is 4.27. The molecule has 0 amide bonds. The van der Waals surface area contributed by atoms with Crippen LogP contribution in [0.5, 0.6) is 0 Å². The van der Waals surface area contributed by atoms with Crippen molar-refractivity contribution in [1.82, 2.24) is 0 Å². The molecule has 1 fully saturated rings. The lowest BCUT2D eigenvalue weighted by Crippen LogP contribution is -2.54. The Morgan fingerprint density at radius 2 is 1.45 bits per heavy atom. The number of hydrogen-bond donors (Lipinski definition) is 0. The van der Waals surface area contributed by atoms with Gasteiger partial charge in [-0.2, -0.15) is 0 Å². The maximum Gasteiger partial charge on any atom is 0.240 e. The van der Waals surface area contributed by atoms with E-state index in [1.165, 1.54) is 16.7 Å². The monoisotopic (exact) mass is 408 g/mol. The fourth-order valence-corrected chi connectivity index (χ4v) is 7.69. The van der Waals surface area contributed by atoms with Crippen LogP contribution in [0.2, 0.25) is 0 Å². The van der Waals surface area contributed by atoms with Gasteiger partial charge in [-0.05, 0) is 40.0 Å². The molecule has 0 N–H and O–H groups in total. The van der Waals surface area contributed by atoms with Gasteiger partial charge in [-0.15, -0.1) is 0 Å². The van der Waals surface area contributed by atoms with Gasteiger partial charge in [0.15, 0.2) is 0 Å². The van der Waals surface area contributed by atoms with E-state index in [2.05, 4.69) is 102 Å². The maximum atomic E-state index is 12.0. The Morgan fingerprint density at radius 1 is 0.966 bits per heavy atom. The minimum Gasteiger partial charge on any atom is -0.407 e. The van der Waals surface area contributed by atoms with Gasteiger partial charge >= 0.3 is 0 Å². The fraction of sp³-hybridized carbons (Fsp3) is 0.500. The molecule has 3 atom stereocenters. The second-order valence-corrected chi connectivity index (χ2v) is 12.9. The summed E-state index contributed by atoms with van der Waals surface area (Å²) in [5.41, 5.74) is -0.398. The van der Waals surface area contributed by atoms with Crippen LogP contribution in [0.1, 0.15) is 54.4 Å². The third-order valence-electron chi connectivity index (χ3n) is 7.34. The van der Waals surface area contributed by atoms with E-state index in [1.54, 1.807) is 0 Å². The van der Waals surface area contributed by atoms with Gasteiger partial charge < -0.3 is 9.22 Å². The van der Waals surface area contributed by atoms with Crippen molar-refractivity contribution in [2.24, 2.45) is 22.2 Å². The lowest BCUT2D eigenvalue weighted by Gasteiger charge is -2.46. The molecule has 0 bridgehead atoms. The van der Waals surface area contributed by atoms with Crippen LogP contribution in [0.25, 0.3) is 0 Å². The van der Waals surface area contributed by atoms with Crippen molar-refractivity contribution in [2.45, 2.75) is 60.5 Å². The average Bonchev–Trinajstić information content (AvgIpc) is 2.93. The second kappa shape index (κ2) is 8.20. The smallest absolute Gasteiger partial charge is 0.240 e. The lowest BCUT2D eigenvalue weighted by molar-refractivity contribution is -0.122. The Hall–Kier alpha value is -1.71. The third-order valence-corrected chi connectivity index (χ3v) is 9.89. The first-order valence-corrected chi connectivity index (χ1v) is 12.4. The Morgan fingerprint density at radius 3 is 1.83 bits per heavy atom. The zero-order valence-electron chi connectivity index (χ0n) is 18.8. The quantitative estimate of drug-likeness (QED) is 0.516. The fourth-order valence-electron chi connectivity index (χ4n) is 4.96. The van der Waals surface area contributed by atoms with Crippen molar-refractivity contribution in [1.29, 1.82) is 0 Å².